The summed E-state index contributed by atoms with van der Waals surface area (Å²) in [5.41, 5.74) is 3.67. The molecule has 0 aliphatic heterocycles. The van der Waals surface area contributed by atoms with Gasteiger partial charge in [0.25, 0.3) is 5.56 Å². The minimum Gasteiger partial charge on any atom is -0.493 e. The summed E-state index contributed by atoms with van der Waals surface area (Å²) in [5, 5.41) is 9.48. The van der Waals surface area contributed by atoms with Crippen molar-refractivity contribution < 1.29 is 4.74 Å². The lowest BCUT2D eigenvalue weighted by molar-refractivity contribution is 0.341. The molecule has 124 valence electrons. The van der Waals surface area contributed by atoms with Gasteiger partial charge in [0.15, 0.2) is 0 Å². The van der Waals surface area contributed by atoms with Crippen LogP contribution >= 0.6 is 0 Å². The highest BCUT2D eigenvalue weighted by Crippen LogP contribution is 2.33. The SMILES string of the molecule is CCOc1ccccc1-c1cc(-c2cccc(C)c2)[nH]c(=O)c1C#N. The van der Waals surface area contributed by atoms with Gasteiger partial charge >= 0.3 is 0 Å². The molecule has 0 radical (unpaired) electrons. The number of para-hydroxylation sites is 1. The summed E-state index contributed by atoms with van der Waals surface area (Å²) in [6, 6.07) is 19.2. The fourth-order valence-corrected chi connectivity index (χ4v) is 2.82. The van der Waals surface area contributed by atoms with E-state index in [0.717, 1.165) is 16.7 Å². The van der Waals surface area contributed by atoms with Crippen molar-refractivity contribution >= 4 is 0 Å². The number of pyridine rings is 1. The first-order valence-corrected chi connectivity index (χ1v) is 8.10. The summed E-state index contributed by atoms with van der Waals surface area (Å²) < 4.78 is 5.67. The van der Waals surface area contributed by atoms with Crippen molar-refractivity contribution in [1.29, 1.82) is 5.26 Å². The van der Waals surface area contributed by atoms with Crippen molar-refractivity contribution in [3.63, 3.8) is 0 Å². The van der Waals surface area contributed by atoms with Crippen LogP contribution in [0, 0.1) is 18.3 Å². The quantitative estimate of drug-likeness (QED) is 0.776. The molecule has 1 aromatic heterocycles. The maximum absolute atomic E-state index is 12.5. The zero-order chi connectivity index (χ0) is 17.8. The highest BCUT2D eigenvalue weighted by molar-refractivity contribution is 5.79. The second-order valence-corrected chi connectivity index (χ2v) is 5.71. The van der Waals surface area contributed by atoms with Crippen LogP contribution in [-0.2, 0) is 0 Å². The molecule has 0 saturated heterocycles. The first kappa shape index (κ1) is 16.5. The summed E-state index contributed by atoms with van der Waals surface area (Å²) in [5.74, 6) is 0.655. The van der Waals surface area contributed by atoms with E-state index in [-0.39, 0.29) is 5.56 Å². The van der Waals surface area contributed by atoms with Crippen molar-refractivity contribution in [2.75, 3.05) is 6.61 Å². The van der Waals surface area contributed by atoms with Gasteiger partial charge in [0, 0.05) is 16.8 Å². The minimum atomic E-state index is -0.400. The van der Waals surface area contributed by atoms with E-state index < -0.39 is 5.56 Å². The smallest absolute Gasteiger partial charge is 0.266 e. The molecular weight excluding hydrogens is 312 g/mol. The highest BCUT2D eigenvalue weighted by atomic mass is 16.5. The normalized spacial score (nSPS) is 10.3. The number of hydrogen-bond acceptors (Lipinski definition) is 3. The van der Waals surface area contributed by atoms with Gasteiger partial charge in [-0.3, -0.25) is 4.79 Å². The van der Waals surface area contributed by atoms with Gasteiger partial charge < -0.3 is 9.72 Å². The largest absolute Gasteiger partial charge is 0.493 e. The van der Waals surface area contributed by atoms with Crippen molar-refractivity contribution in [3.8, 4) is 34.2 Å². The van der Waals surface area contributed by atoms with Crippen LogP contribution in [0.15, 0.2) is 59.4 Å². The first-order chi connectivity index (χ1) is 12.1. The fourth-order valence-electron chi connectivity index (χ4n) is 2.82. The minimum absolute atomic E-state index is 0.0866. The third kappa shape index (κ3) is 3.31. The molecule has 0 bridgehead atoms. The van der Waals surface area contributed by atoms with E-state index >= 15 is 0 Å². The molecule has 4 nitrogen and oxygen atoms in total. The number of aryl methyl sites for hydroxylation is 1. The number of aromatic amines is 1. The molecule has 1 N–H and O–H groups in total. The zero-order valence-electron chi connectivity index (χ0n) is 14.2. The van der Waals surface area contributed by atoms with Crippen LogP contribution in [0.2, 0.25) is 0 Å². The maximum Gasteiger partial charge on any atom is 0.266 e. The standard InChI is InChI=1S/C21H18N2O2/c1-3-25-20-10-5-4-9-16(20)17-12-19(23-21(24)18(17)13-22)15-8-6-7-14(2)11-15/h4-12H,3H2,1-2H3,(H,23,24). The second kappa shape index (κ2) is 7.06. The number of aromatic nitrogens is 1. The number of rotatable bonds is 4. The molecule has 0 fully saturated rings. The van der Waals surface area contributed by atoms with E-state index in [4.69, 9.17) is 4.74 Å². The van der Waals surface area contributed by atoms with Crippen molar-refractivity contribution in [2.45, 2.75) is 13.8 Å². The Bertz CT molecular complexity index is 1010. The average molecular weight is 330 g/mol. The van der Waals surface area contributed by atoms with Crippen LogP contribution in [0.1, 0.15) is 18.1 Å². The van der Waals surface area contributed by atoms with Gasteiger partial charge in [-0.1, -0.05) is 42.0 Å². The van der Waals surface area contributed by atoms with Crippen LogP contribution < -0.4 is 10.3 Å². The molecule has 4 heteroatoms. The van der Waals surface area contributed by atoms with E-state index in [1.807, 2.05) is 74.5 Å². The van der Waals surface area contributed by atoms with Gasteiger partial charge in [-0.15, -0.1) is 0 Å². The Morgan fingerprint density at radius 1 is 1.08 bits per heavy atom. The average Bonchev–Trinajstić information content (AvgIpc) is 2.62. The van der Waals surface area contributed by atoms with Gasteiger partial charge in [-0.05, 0) is 37.6 Å². The summed E-state index contributed by atoms with van der Waals surface area (Å²) in [4.78, 5) is 15.3. The van der Waals surface area contributed by atoms with E-state index in [0.29, 0.717) is 23.6 Å². The van der Waals surface area contributed by atoms with E-state index in [1.165, 1.54) is 0 Å². The molecule has 25 heavy (non-hydrogen) atoms. The number of H-pyrrole nitrogens is 1. The summed E-state index contributed by atoms with van der Waals surface area (Å²) in [7, 11) is 0. The molecule has 0 unspecified atom stereocenters. The molecule has 0 aliphatic carbocycles. The number of hydrogen-bond donors (Lipinski definition) is 1. The monoisotopic (exact) mass is 330 g/mol. The van der Waals surface area contributed by atoms with Gasteiger partial charge in [0.1, 0.15) is 17.4 Å². The topological polar surface area (TPSA) is 65.9 Å². The predicted octanol–water partition coefficient (Wildman–Crippen LogP) is 4.29. The Morgan fingerprint density at radius 2 is 1.88 bits per heavy atom. The Hall–Kier alpha value is -3.32. The van der Waals surface area contributed by atoms with Crippen LogP contribution in [0.5, 0.6) is 5.75 Å². The number of nitrogens with zero attached hydrogens (tertiary/aromatic N) is 1. The molecule has 3 rings (SSSR count). The lowest BCUT2D eigenvalue weighted by atomic mass is 9.98. The first-order valence-electron chi connectivity index (χ1n) is 8.10. The van der Waals surface area contributed by atoms with Crippen molar-refractivity contribution in [2.24, 2.45) is 0 Å². The molecule has 2 aromatic carbocycles. The van der Waals surface area contributed by atoms with Crippen LogP contribution in [0.25, 0.3) is 22.4 Å². The third-order valence-corrected chi connectivity index (χ3v) is 3.95. The van der Waals surface area contributed by atoms with E-state index in [9.17, 15) is 10.1 Å². The number of nitriles is 1. The lowest BCUT2D eigenvalue weighted by Gasteiger charge is -2.13. The van der Waals surface area contributed by atoms with Crippen molar-refractivity contribution in [3.05, 3.63) is 76.1 Å². The van der Waals surface area contributed by atoms with Gasteiger partial charge in [0.05, 0.1) is 6.61 Å². The second-order valence-electron chi connectivity index (χ2n) is 5.71. The highest BCUT2D eigenvalue weighted by Gasteiger charge is 2.15. The molecule has 0 aliphatic rings. The van der Waals surface area contributed by atoms with Gasteiger partial charge in [0.2, 0.25) is 0 Å². The van der Waals surface area contributed by atoms with E-state index in [2.05, 4.69) is 4.98 Å². The summed E-state index contributed by atoms with van der Waals surface area (Å²) >= 11 is 0. The number of nitrogens with one attached hydrogen (secondary N) is 1. The van der Waals surface area contributed by atoms with Gasteiger partial charge in [-0.2, -0.15) is 5.26 Å². The fraction of sp³-hybridized carbons (Fsp3) is 0.143. The van der Waals surface area contributed by atoms with Crippen molar-refractivity contribution in [1.82, 2.24) is 4.98 Å². The third-order valence-electron chi connectivity index (χ3n) is 3.95. The number of benzene rings is 2. The van der Waals surface area contributed by atoms with Crippen LogP contribution in [-0.4, -0.2) is 11.6 Å². The molecule has 0 saturated carbocycles. The molecule has 1 heterocycles. The molecule has 0 amide bonds. The molecule has 0 atom stereocenters. The Kier molecular flexibility index (Phi) is 4.67. The maximum atomic E-state index is 12.5. The van der Waals surface area contributed by atoms with E-state index in [1.54, 1.807) is 0 Å². The van der Waals surface area contributed by atoms with Crippen LogP contribution in [0.3, 0.4) is 0 Å². The molecular formula is C21H18N2O2. The lowest BCUT2D eigenvalue weighted by Crippen LogP contribution is -2.13. The predicted molar refractivity (Wildman–Crippen MR) is 98.6 cm³/mol. The summed E-state index contributed by atoms with van der Waals surface area (Å²) in [6.45, 7) is 4.40. The summed E-state index contributed by atoms with van der Waals surface area (Å²) in [6.07, 6.45) is 0. The number of ether oxygens (including phenoxy) is 1. The Morgan fingerprint density at radius 3 is 2.60 bits per heavy atom. The zero-order valence-corrected chi connectivity index (χ0v) is 14.2. The van der Waals surface area contributed by atoms with Crippen LogP contribution in [0.4, 0.5) is 0 Å². The Balaban J connectivity index is 2.26. The molecule has 3 aromatic rings. The molecule has 0 spiro atoms. The van der Waals surface area contributed by atoms with Gasteiger partial charge in [-0.25, -0.2) is 0 Å². The Labute approximate surface area is 146 Å².